The van der Waals surface area contributed by atoms with Gasteiger partial charge in [0.1, 0.15) is 0 Å². The number of hydrogen-bond donors (Lipinski definition) is 1. The van der Waals surface area contributed by atoms with E-state index in [2.05, 4.69) is 5.32 Å². The Labute approximate surface area is 106 Å². The normalized spacial score (nSPS) is 19.2. The molecule has 1 saturated heterocycles. The van der Waals surface area contributed by atoms with Crippen LogP contribution in [-0.2, 0) is 0 Å². The summed E-state index contributed by atoms with van der Waals surface area (Å²) >= 11 is 0. The molecular weight excluding hydrogens is 232 g/mol. The number of ether oxygens (including phenoxy) is 1. The minimum Gasteiger partial charge on any atom is -0.484 e. The van der Waals surface area contributed by atoms with Gasteiger partial charge in [0.15, 0.2) is 5.75 Å². The highest BCUT2D eigenvalue weighted by atomic mass is 16.6. The summed E-state index contributed by atoms with van der Waals surface area (Å²) in [7, 11) is 0. The van der Waals surface area contributed by atoms with Gasteiger partial charge in [-0.2, -0.15) is 0 Å². The summed E-state index contributed by atoms with van der Waals surface area (Å²) in [6, 6.07) is 5.43. The fourth-order valence-corrected chi connectivity index (χ4v) is 2.22. The second-order valence-corrected chi connectivity index (χ2v) is 4.80. The molecule has 0 unspecified atom stereocenters. The van der Waals surface area contributed by atoms with E-state index in [0.717, 1.165) is 24.9 Å². The SMILES string of the molecule is CC(C)Oc1cc([C@H]2CCCN2)ccc1[N+](=O)[O-]. The third kappa shape index (κ3) is 2.79. The highest BCUT2D eigenvalue weighted by molar-refractivity contribution is 5.49. The van der Waals surface area contributed by atoms with Crippen molar-refractivity contribution in [2.45, 2.75) is 38.8 Å². The lowest BCUT2D eigenvalue weighted by Gasteiger charge is -2.14. The molecule has 98 valence electrons. The average molecular weight is 250 g/mol. The first kappa shape index (κ1) is 12.8. The zero-order valence-electron chi connectivity index (χ0n) is 10.7. The quantitative estimate of drug-likeness (QED) is 0.659. The molecule has 5 heteroatoms. The molecule has 1 aliphatic rings. The molecule has 0 spiro atoms. The Morgan fingerprint density at radius 3 is 2.83 bits per heavy atom. The minimum atomic E-state index is -0.399. The van der Waals surface area contributed by atoms with Crippen molar-refractivity contribution in [3.63, 3.8) is 0 Å². The topological polar surface area (TPSA) is 64.4 Å². The molecule has 0 saturated carbocycles. The molecule has 1 heterocycles. The van der Waals surface area contributed by atoms with Gasteiger partial charge in [-0.3, -0.25) is 10.1 Å². The molecule has 5 nitrogen and oxygen atoms in total. The number of benzene rings is 1. The van der Waals surface area contributed by atoms with Crippen LogP contribution in [0.4, 0.5) is 5.69 Å². The standard InChI is InChI=1S/C13H18N2O3/c1-9(2)18-13-8-10(11-4-3-7-14-11)5-6-12(13)15(16)17/h5-6,8-9,11,14H,3-4,7H2,1-2H3/t11-/m1/s1. The van der Waals surface area contributed by atoms with E-state index >= 15 is 0 Å². The maximum atomic E-state index is 10.9. The second-order valence-electron chi connectivity index (χ2n) is 4.80. The molecule has 0 bridgehead atoms. The van der Waals surface area contributed by atoms with Crippen molar-refractivity contribution in [2.75, 3.05) is 6.54 Å². The molecule has 0 radical (unpaired) electrons. The highest BCUT2D eigenvalue weighted by Gasteiger charge is 2.21. The fourth-order valence-electron chi connectivity index (χ4n) is 2.22. The molecule has 1 aromatic rings. The summed E-state index contributed by atoms with van der Waals surface area (Å²) in [5, 5.41) is 14.3. The summed E-state index contributed by atoms with van der Waals surface area (Å²) < 4.78 is 5.54. The van der Waals surface area contributed by atoms with Crippen molar-refractivity contribution in [2.24, 2.45) is 0 Å². The summed E-state index contributed by atoms with van der Waals surface area (Å²) in [5.74, 6) is 0.362. The number of hydrogen-bond acceptors (Lipinski definition) is 4. The molecular formula is C13H18N2O3. The van der Waals surface area contributed by atoms with Crippen molar-refractivity contribution in [1.82, 2.24) is 5.32 Å². The Balaban J connectivity index is 2.31. The molecule has 1 aromatic carbocycles. The first-order valence-corrected chi connectivity index (χ1v) is 6.26. The van der Waals surface area contributed by atoms with Gasteiger partial charge in [0, 0.05) is 12.1 Å². The van der Waals surface area contributed by atoms with Gasteiger partial charge in [-0.25, -0.2) is 0 Å². The third-order valence-electron chi connectivity index (χ3n) is 3.01. The smallest absolute Gasteiger partial charge is 0.310 e. The first-order valence-electron chi connectivity index (χ1n) is 6.26. The van der Waals surface area contributed by atoms with Gasteiger partial charge < -0.3 is 10.1 Å². The predicted octanol–water partition coefficient (Wildman–Crippen LogP) is 2.81. The average Bonchev–Trinajstić information content (AvgIpc) is 2.81. The lowest BCUT2D eigenvalue weighted by molar-refractivity contribution is -0.386. The Kier molecular flexibility index (Phi) is 3.81. The number of nitro groups is 1. The van der Waals surface area contributed by atoms with Crippen LogP contribution in [0.1, 0.15) is 38.3 Å². The highest BCUT2D eigenvalue weighted by Crippen LogP contribution is 2.33. The van der Waals surface area contributed by atoms with E-state index in [4.69, 9.17) is 4.74 Å². The molecule has 0 amide bonds. The first-order chi connectivity index (χ1) is 8.58. The predicted molar refractivity (Wildman–Crippen MR) is 68.8 cm³/mol. The number of nitrogens with one attached hydrogen (secondary N) is 1. The Bertz CT molecular complexity index is 440. The summed E-state index contributed by atoms with van der Waals surface area (Å²) in [6.07, 6.45) is 2.14. The van der Waals surface area contributed by atoms with E-state index < -0.39 is 4.92 Å². The largest absolute Gasteiger partial charge is 0.484 e. The van der Waals surface area contributed by atoms with Crippen molar-refractivity contribution in [1.29, 1.82) is 0 Å². The molecule has 2 rings (SSSR count). The second kappa shape index (κ2) is 5.35. The van der Waals surface area contributed by atoms with Crippen LogP contribution in [0.5, 0.6) is 5.75 Å². The fraction of sp³-hybridized carbons (Fsp3) is 0.538. The number of nitro benzene ring substituents is 1. The van der Waals surface area contributed by atoms with Crippen LogP contribution in [0.15, 0.2) is 18.2 Å². The van der Waals surface area contributed by atoms with Crippen molar-refractivity contribution >= 4 is 5.69 Å². The summed E-state index contributed by atoms with van der Waals surface area (Å²) in [5.41, 5.74) is 1.10. The van der Waals surface area contributed by atoms with E-state index in [1.807, 2.05) is 19.9 Å². The van der Waals surface area contributed by atoms with Crippen LogP contribution in [0.3, 0.4) is 0 Å². The lowest BCUT2D eigenvalue weighted by Crippen LogP contribution is -2.14. The zero-order chi connectivity index (χ0) is 13.1. The van der Waals surface area contributed by atoms with E-state index in [9.17, 15) is 10.1 Å². The van der Waals surface area contributed by atoms with Gasteiger partial charge in [-0.1, -0.05) is 6.07 Å². The lowest BCUT2D eigenvalue weighted by atomic mass is 10.0. The molecule has 0 aromatic heterocycles. The maximum absolute atomic E-state index is 10.9. The van der Waals surface area contributed by atoms with E-state index in [1.54, 1.807) is 6.07 Å². The van der Waals surface area contributed by atoms with Crippen LogP contribution in [0.25, 0.3) is 0 Å². The van der Waals surface area contributed by atoms with Crippen LogP contribution < -0.4 is 10.1 Å². The van der Waals surface area contributed by atoms with E-state index in [1.165, 1.54) is 6.07 Å². The summed E-state index contributed by atoms with van der Waals surface area (Å²) in [4.78, 5) is 10.5. The molecule has 1 N–H and O–H groups in total. The van der Waals surface area contributed by atoms with Crippen molar-refractivity contribution in [3.8, 4) is 5.75 Å². The van der Waals surface area contributed by atoms with Gasteiger partial charge in [0.05, 0.1) is 11.0 Å². The molecule has 1 atom stereocenters. The van der Waals surface area contributed by atoms with Gasteiger partial charge >= 0.3 is 5.69 Å². The molecule has 1 aliphatic heterocycles. The molecule has 1 fully saturated rings. The number of nitrogens with zero attached hydrogens (tertiary/aromatic N) is 1. The Hall–Kier alpha value is -1.62. The van der Waals surface area contributed by atoms with E-state index in [-0.39, 0.29) is 11.8 Å². The van der Waals surface area contributed by atoms with Gasteiger partial charge in [-0.05, 0) is 44.9 Å². The van der Waals surface area contributed by atoms with Crippen molar-refractivity contribution in [3.05, 3.63) is 33.9 Å². The minimum absolute atomic E-state index is 0.0328. The van der Waals surface area contributed by atoms with Crippen LogP contribution >= 0.6 is 0 Å². The van der Waals surface area contributed by atoms with E-state index in [0.29, 0.717) is 11.8 Å². The molecule has 0 aliphatic carbocycles. The Morgan fingerprint density at radius 2 is 2.28 bits per heavy atom. The zero-order valence-corrected chi connectivity index (χ0v) is 10.7. The van der Waals surface area contributed by atoms with Crippen LogP contribution in [-0.4, -0.2) is 17.6 Å². The summed E-state index contributed by atoms with van der Waals surface area (Å²) in [6.45, 7) is 4.73. The number of rotatable bonds is 4. The third-order valence-corrected chi connectivity index (χ3v) is 3.01. The molecule has 18 heavy (non-hydrogen) atoms. The van der Waals surface area contributed by atoms with Crippen LogP contribution in [0.2, 0.25) is 0 Å². The monoisotopic (exact) mass is 250 g/mol. The Morgan fingerprint density at radius 1 is 1.50 bits per heavy atom. The van der Waals surface area contributed by atoms with Gasteiger partial charge in [0.2, 0.25) is 0 Å². The van der Waals surface area contributed by atoms with Crippen molar-refractivity contribution < 1.29 is 9.66 Å². The maximum Gasteiger partial charge on any atom is 0.310 e. The van der Waals surface area contributed by atoms with Gasteiger partial charge in [0.25, 0.3) is 0 Å². The van der Waals surface area contributed by atoms with Crippen LogP contribution in [0, 0.1) is 10.1 Å². The van der Waals surface area contributed by atoms with Gasteiger partial charge in [-0.15, -0.1) is 0 Å².